The lowest BCUT2D eigenvalue weighted by atomic mass is 9.85. The first-order chi connectivity index (χ1) is 18.1. The summed E-state index contributed by atoms with van der Waals surface area (Å²) in [4.78, 5) is 25.7. The zero-order valence-electron chi connectivity index (χ0n) is 20.9. The zero-order valence-corrected chi connectivity index (χ0v) is 20.9. The number of amides is 1. The third-order valence-electron chi connectivity index (χ3n) is 7.23. The highest BCUT2D eigenvalue weighted by atomic mass is 19.4. The number of halogens is 3. The molecule has 1 aliphatic heterocycles. The lowest BCUT2D eigenvalue weighted by Crippen LogP contribution is -2.41. The molecule has 0 unspecified atom stereocenters. The van der Waals surface area contributed by atoms with E-state index in [0.717, 1.165) is 12.8 Å². The van der Waals surface area contributed by atoms with Crippen LogP contribution in [0.15, 0.2) is 30.5 Å². The van der Waals surface area contributed by atoms with Gasteiger partial charge >= 0.3 is 6.36 Å². The van der Waals surface area contributed by atoms with Gasteiger partial charge < -0.3 is 25.8 Å². The number of aromatic nitrogens is 4. The quantitative estimate of drug-likeness (QED) is 0.400. The molecule has 0 bridgehead atoms. The molecular formula is C25H30F3N7O3. The third-order valence-corrected chi connectivity index (χ3v) is 7.23. The molecule has 0 radical (unpaired) electrons. The highest BCUT2D eigenvalue weighted by Gasteiger charge is 2.32. The number of anilines is 3. The summed E-state index contributed by atoms with van der Waals surface area (Å²) >= 11 is 0. The van der Waals surface area contributed by atoms with Crippen LogP contribution in [-0.2, 0) is 9.53 Å². The number of hydrogen-bond acceptors (Lipinski definition) is 8. The first kappa shape index (κ1) is 26.0. The van der Waals surface area contributed by atoms with Gasteiger partial charge in [-0.25, -0.2) is 9.97 Å². The summed E-state index contributed by atoms with van der Waals surface area (Å²) in [6.07, 6.45) is 1.06. The predicted octanol–water partition coefficient (Wildman–Crippen LogP) is 4.67. The average molecular weight is 534 g/mol. The summed E-state index contributed by atoms with van der Waals surface area (Å²) in [6, 6.07) is 5.53. The van der Waals surface area contributed by atoms with E-state index in [-0.39, 0.29) is 29.2 Å². The lowest BCUT2D eigenvalue weighted by molar-refractivity contribution is -0.274. The molecule has 2 aliphatic rings. The minimum absolute atomic E-state index is 0.0471. The van der Waals surface area contributed by atoms with Gasteiger partial charge in [0.2, 0.25) is 17.8 Å². The molecule has 1 saturated carbocycles. The Bertz CT molecular complexity index is 1300. The normalized spacial score (nSPS) is 21.7. The number of rotatable bonds is 7. The number of alkyl halides is 3. The molecule has 0 spiro atoms. The van der Waals surface area contributed by atoms with Crippen molar-refractivity contribution in [3.63, 3.8) is 0 Å². The molecule has 1 aromatic carbocycles. The van der Waals surface area contributed by atoms with Gasteiger partial charge in [0.1, 0.15) is 11.3 Å². The summed E-state index contributed by atoms with van der Waals surface area (Å²) in [6.45, 7) is 3.41. The van der Waals surface area contributed by atoms with Gasteiger partial charge in [-0.2, -0.15) is 4.98 Å². The van der Waals surface area contributed by atoms with E-state index in [9.17, 15) is 18.0 Å². The van der Waals surface area contributed by atoms with Crippen molar-refractivity contribution in [1.82, 2.24) is 19.5 Å². The van der Waals surface area contributed by atoms with Crippen LogP contribution in [0.1, 0.15) is 51.5 Å². The van der Waals surface area contributed by atoms with E-state index < -0.39 is 6.36 Å². The van der Waals surface area contributed by atoms with E-state index in [1.54, 1.807) is 12.3 Å². The fourth-order valence-corrected chi connectivity index (χ4v) is 5.12. The maximum absolute atomic E-state index is 12.7. The second kappa shape index (κ2) is 10.3. The van der Waals surface area contributed by atoms with Gasteiger partial charge in [0, 0.05) is 42.5 Å². The standard InChI is InChI=1S/C25H30F3N7O3/c1-24(9-11-37-12-10-24)34-22-30-14-19-21(33-22)35(17-7-5-15(6-8-17)20(29)36)23(32-19)31-16-3-2-4-18(13-16)38-25(26,27)28/h2-4,13-15,17H,5-12H2,1H3,(H2,29,36)(H,31,32)(H,30,33,34). The number of hydrogen-bond donors (Lipinski definition) is 3. The highest BCUT2D eigenvalue weighted by molar-refractivity contribution is 5.78. The average Bonchev–Trinajstić information content (AvgIpc) is 3.20. The Hall–Kier alpha value is -3.61. The number of benzene rings is 1. The van der Waals surface area contributed by atoms with Crippen LogP contribution in [0.25, 0.3) is 11.2 Å². The molecule has 204 valence electrons. The van der Waals surface area contributed by atoms with Crippen LogP contribution in [0.5, 0.6) is 5.75 Å². The largest absolute Gasteiger partial charge is 0.573 e. The van der Waals surface area contributed by atoms with Crippen molar-refractivity contribution in [2.24, 2.45) is 11.7 Å². The van der Waals surface area contributed by atoms with E-state index in [1.165, 1.54) is 18.2 Å². The molecule has 0 atom stereocenters. The second-order valence-corrected chi connectivity index (χ2v) is 10.1. The Labute approximate surface area is 217 Å². The van der Waals surface area contributed by atoms with Crippen molar-refractivity contribution in [3.05, 3.63) is 30.5 Å². The molecule has 13 heteroatoms. The van der Waals surface area contributed by atoms with Gasteiger partial charge in [-0.1, -0.05) is 6.07 Å². The fourth-order valence-electron chi connectivity index (χ4n) is 5.12. The highest BCUT2D eigenvalue weighted by Crippen LogP contribution is 2.37. The Morgan fingerprint density at radius 1 is 1.18 bits per heavy atom. The van der Waals surface area contributed by atoms with Crippen molar-refractivity contribution in [3.8, 4) is 5.75 Å². The molecule has 3 heterocycles. The van der Waals surface area contributed by atoms with Crippen LogP contribution in [-0.4, -0.2) is 50.5 Å². The van der Waals surface area contributed by atoms with E-state index in [4.69, 9.17) is 15.5 Å². The van der Waals surface area contributed by atoms with Crippen LogP contribution in [0.4, 0.5) is 30.8 Å². The number of carbonyl (C=O) groups excluding carboxylic acids is 1. The molecule has 4 N–H and O–H groups in total. The molecular weight excluding hydrogens is 503 g/mol. The number of fused-ring (bicyclic) bond motifs is 1. The van der Waals surface area contributed by atoms with Crippen molar-refractivity contribution in [2.75, 3.05) is 23.8 Å². The molecule has 3 aromatic rings. The summed E-state index contributed by atoms with van der Waals surface area (Å²) in [5.41, 5.74) is 6.82. The van der Waals surface area contributed by atoms with E-state index >= 15 is 0 Å². The van der Waals surface area contributed by atoms with Crippen molar-refractivity contribution < 1.29 is 27.4 Å². The maximum atomic E-state index is 12.7. The maximum Gasteiger partial charge on any atom is 0.573 e. The summed E-state index contributed by atoms with van der Waals surface area (Å²) in [5.74, 6) is 0.0331. The smallest absolute Gasteiger partial charge is 0.406 e. The van der Waals surface area contributed by atoms with Crippen LogP contribution < -0.4 is 21.1 Å². The van der Waals surface area contributed by atoms with Crippen molar-refractivity contribution in [1.29, 1.82) is 0 Å². The van der Waals surface area contributed by atoms with Gasteiger partial charge in [0.05, 0.1) is 6.20 Å². The number of nitrogens with two attached hydrogens (primary N) is 1. The fraction of sp³-hybridized carbons (Fsp3) is 0.520. The zero-order chi connectivity index (χ0) is 26.9. The van der Waals surface area contributed by atoms with E-state index in [0.29, 0.717) is 67.6 Å². The molecule has 2 fully saturated rings. The van der Waals surface area contributed by atoms with Gasteiger partial charge in [-0.05, 0) is 57.6 Å². The van der Waals surface area contributed by atoms with E-state index in [1.807, 2.05) is 4.57 Å². The van der Waals surface area contributed by atoms with Crippen LogP contribution in [0.2, 0.25) is 0 Å². The van der Waals surface area contributed by atoms with Crippen molar-refractivity contribution in [2.45, 2.75) is 63.4 Å². The van der Waals surface area contributed by atoms with Gasteiger partial charge in [-0.3, -0.25) is 9.36 Å². The molecule has 2 aromatic heterocycles. The Balaban J connectivity index is 1.49. The summed E-state index contributed by atoms with van der Waals surface area (Å²) in [5, 5.41) is 6.58. The molecule has 5 rings (SSSR count). The third kappa shape index (κ3) is 5.93. The predicted molar refractivity (Wildman–Crippen MR) is 134 cm³/mol. The summed E-state index contributed by atoms with van der Waals surface area (Å²) in [7, 11) is 0. The monoisotopic (exact) mass is 533 g/mol. The summed E-state index contributed by atoms with van der Waals surface area (Å²) < 4.78 is 49.7. The minimum Gasteiger partial charge on any atom is -0.406 e. The molecule has 38 heavy (non-hydrogen) atoms. The van der Waals surface area contributed by atoms with Gasteiger partial charge in [-0.15, -0.1) is 13.2 Å². The number of carbonyl (C=O) groups is 1. The minimum atomic E-state index is -4.80. The molecule has 10 nitrogen and oxygen atoms in total. The van der Waals surface area contributed by atoms with Gasteiger partial charge in [0.25, 0.3) is 0 Å². The SMILES string of the molecule is CC1(Nc2ncc3nc(Nc4cccc(OC(F)(F)F)c4)n(C4CCC(C(N)=O)CC4)c3n2)CCOCC1. The number of nitrogens with zero attached hydrogens (tertiary/aromatic N) is 4. The topological polar surface area (TPSA) is 129 Å². The molecule has 1 saturated heterocycles. The Morgan fingerprint density at radius 3 is 2.61 bits per heavy atom. The Kier molecular flexibility index (Phi) is 7.03. The number of nitrogens with one attached hydrogen (secondary N) is 2. The lowest BCUT2D eigenvalue weighted by Gasteiger charge is -2.34. The van der Waals surface area contributed by atoms with Crippen LogP contribution in [0, 0.1) is 5.92 Å². The molecule has 1 amide bonds. The first-order valence-corrected chi connectivity index (χ1v) is 12.6. The van der Waals surface area contributed by atoms with Crippen molar-refractivity contribution >= 4 is 34.7 Å². The van der Waals surface area contributed by atoms with Gasteiger partial charge in [0.15, 0.2) is 5.65 Å². The van der Waals surface area contributed by atoms with Crippen LogP contribution in [0.3, 0.4) is 0 Å². The molecule has 1 aliphatic carbocycles. The number of primary amides is 1. The van der Waals surface area contributed by atoms with Crippen LogP contribution >= 0.6 is 0 Å². The second-order valence-electron chi connectivity index (χ2n) is 10.1. The number of ether oxygens (including phenoxy) is 2. The first-order valence-electron chi connectivity index (χ1n) is 12.6. The van der Waals surface area contributed by atoms with E-state index in [2.05, 4.69) is 32.3 Å². The Morgan fingerprint density at radius 2 is 1.92 bits per heavy atom. The number of imidazole rings is 1.